The Morgan fingerprint density at radius 2 is 2.55 bits per heavy atom. The van der Waals surface area contributed by atoms with E-state index in [4.69, 9.17) is 4.74 Å². The van der Waals surface area contributed by atoms with E-state index in [0.717, 1.165) is 25.9 Å². The summed E-state index contributed by atoms with van der Waals surface area (Å²) >= 11 is 0. The van der Waals surface area contributed by atoms with Crippen LogP contribution in [0.4, 0.5) is 0 Å². The number of rotatable bonds is 4. The van der Waals surface area contributed by atoms with Crippen LogP contribution in [0.5, 0.6) is 0 Å². The molecule has 0 saturated carbocycles. The lowest BCUT2D eigenvalue weighted by molar-refractivity contribution is 0.0485. The van der Waals surface area contributed by atoms with Gasteiger partial charge in [-0.1, -0.05) is 13.3 Å². The van der Waals surface area contributed by atoms with Crippen molar-refractivity contribution in [2.45, 2.75) is 45.3 Å². The highest BCUT2D eigenvalue weighted by atomic mass is 16.5. The minimum Gasteiger partial charge on any atom is -0.357 e. The zero-order valence-electron chi connectivity index (χ0n) is 7.25. The lowest BCUT2D eigenvalue weighted by Crippen LogP contribution is -2.14. The zero-order chi connectivity index (χ0) is 7.94. The van der Waals surface area contributed by atoms with Gasteiger partial charge in [0.05, 0.1) is 0 Å². The maximum Gasteiger partial charge on any atom is 0.147 e. The fourth-order valence-electron chi connectivity index (χ4n) is 1.14. The van der Waals surface area contributed by atoms with Gasteiger partial charge < -0.3 is 4.74 Å². The van der Waals surface area contributed by atoms with Gasteiger partial charge >= 0.3 is 0 Å². The first-order chi connectivity index (χ1) is 5.43. The second-order valence-corrected chi connectivity index (χ2v) is 2.94. The van der Waals surface area contributed by atoms with Crippen LogP contribution in [0.15, 0.2) is 4.99 Å². The Hall–Kier alpha value is -0.370. The Morgan fingerprint density at radius 1 is 1.64 bits per heavy atom. The molecule has 0 fully saturated rings. The van der Waals surface area contributed by atoms with Crippen molar-refractivity contribution in [2.24, 2.45) is 4.99 Å². The van der Waals surface area contributed by atoms with Crippen LogP contribution in [0.1, 0.15) is 39.0 Å². The molecule has 0 N–H and O–H groups in total. The Morgan fingerprint density at radius 3 is 3.18 bits per heavy atom. The number of unbranched alkanes of at least 4 members (excludes halogenated alkanes) is 1. The quantitative estimate of drug-likeness (QED) is 0.571. The second kappa shape index (κ2) is 5.30. The molecule has 0 aliphatic carbocycles. The van der Waals surface area contributed by atoms with E-state index in [1.807, 2.05) is 6.21 Å². The molecular formula is C9H17NO. The molecular weight excluding hydrogens is 138 g/mol. The third-order valence-electron chi connectivity index (χ3n) is 1.86. The highest BCUT2D eigenvalue weighted by molar-refractivity contribution is 5.57. The number of hydrogen-bond acceptors (Lipinski definition) is 2. The molecule has 1 aliphatic rings. The monoisotopic (exact) mass is 155 g/mol. The minimum atomic E-state index is 0.176. The summed E-state index contributed by atoms with van der Waals surface area (Å²) in [7, 11) is 0. The first-order valence-corrected chi connectivity index (χ1v) is 4.56. The molecule has 64 valence electrons. The van der Waals surface area contributed by atoms with Crippen LogP contribution in [0, 0.1) is 0 Å². The summed E-state index contributed by atoms with van der Waals surface area (Å²) < 4.78 is 5.53. The molecule has 2 heteroatoms. The van der Waals surface area contributed by atoms with Gasteiger partial charge in [-0.3, -0.25) is 4.99 Å². The lowest BCUT2D eigenvalue weighted by Gasteiger charge is -2.15. The summed E-state index contributed by atoms with van der Waals surface area (Å²) in [6.45, 7) is 3.05. The van der Waals surface area contributed by atoms with Crippen LogP contribution < -0.4 is 0 Å². The van der Waals surface area contributed by atoms with E-state index >= 15 is 0 Å². The number of hydrogen-bond donors (Lipinski definition) is 0. The van der Waals surface area contributed by atoms with Crippen molar-refractivity contribution in [3.8, 4) is 0 Å². The lowest BCUT2D eigenvalue weighted by atomic mass is 10.2. The largest absolute Gasteiger partial charge is 0.357 e. The third-order valence-corrected chi connectivity index (χ3v) is 1.86. The van der Waals surface area contributed by atoms with Crippen LogP contribution in [-0.4, -0.2) is 19.0 Å². The summed E-state index contributed by atoms with van der Waals surface area (Å²) in [5, 5.41) is 0. The smallest absolute Gasteiger partial charge is 0.147 e. The fourth-order valence-corrected chi connectivity index (χ4v) is 1.14. The second-order valence-electron chi connectivity index (χ2n) is 2.94. The van der Waals surface area contributed by atoms with Crippen molar-refractivity contribution in [1.82, 2.24) is 0 Å². The molecule has 0 saturated heterocycles. The first-order valence-electron chi connectivity index (χ1n) is 4.56. The summed E-state index contributed by atoms with van der Waals surface area (Å²) in [4.78, 5) is 4.25. The van der Waals surface area contributed by atoms with Gasteiger partial charge in [0.2, 0.25) is 0 Å². The van der Waals surface area contributed by atoms with E-state index in [0.29, 0.717) is 0 Å². The number of aliphatic imine (C=N–C) groups is 1. The summed E-state index contributed by atoms with van der Waals surface area (Å²) in [6.07, 6.45) is 8.01. The first kappa shape index (κ1) is 8.72. The molecule has 0 aromatic heterocycles. The minimum absolute atomic E-state index is 0.176. The molecule has 0 radical (unpaired) electrons. The van der Waals surface area contributed by atoms with Crippen LogP contribution in [0.3, 0.4) is 0 Å². The molecule has 2 nitrogen and oxygen atoms in total. The van der Waals surface area contributed by atoms with Crippen LogP contribution in [0.2, 0.25) is 0 Å². The maximum absolute atomic E-state index is 5.53. The summed E-state index contributed by atoms with van der Waals surface area (Å²) in [6, 6.07) is 0. The van der Waals surface area contributed by atoms with E-state index < -0.39 is 0 Å². The Balaban J connectivity index is 2.05. The van der Waals surface area contributed by atoms with Crippen molar-refractivity contribution in [2.75, 3.05) is 6.61 Å². The van der Waals surface area contributed by atoms with Gasteiger partial charge in [-0.05, 0) is 25.7 Å². The van der Waals surface area contributed by atoms with Crippen molar-refractivity contribution >= 4 is 6.21 Å². The highest BCUT2D eigenvalue weighted by Crippen LogP contribution is 2.10. The van der Waals surface area contributed by atoms with Gasteiger partial charge in [0.25, 0.3) is 0 Å². The van der Waals surface area contributed by atoms with E-state index in [1.54, 1.807) is 0 Å². The van der Waals surface area contributed by atoms with Crippen molar-refractivity contribution in [3.05, 3.63) is 0 Å². The molecule has 1 rings (SSSR count). The molecule has 1 atom stereocenters. The van der Waals surface area contributed by atoms with Gasteiger partial charge in [-0.15, -0.1) is 0 Å². The Bertz CT molecular complexity index is 123. The van der Waals surface area contributed by atoms with Crippen molar-refractivity contribution in [3.63, 3.8) is 0 Å². The molecule has 1 heterocycles. The van der Waals surface area contributed by atoms with Gasteiger partial charge in [0, 0.05) is 12.8 Å². The molecule has 0 amide bonds. The van der Waals surface area contributed by atoms with Gasteiger partial charge in [-0.2, -0.15) is 0 Å². The molecule has 1 unspecified atom stereocenters. The van der Waals surface area contributed by atoms with Crippen molar-refractivity contribution in [1.29, 1.82) is 0 Å². The SMILES string of the molecule is CCCCOC1CCCC=N1. The summed E-state index contributed by atoms with van der Waals surface area (Å²) in [5.74, 6) is 0. The normalized spacial score (nSPS) is 23.9. The summed E-state index contributed by atoms with van der Waals surface area (Å²) in [5.41, 5.74) is 0. The zero-order valence-corrected chi connectivity index (χ0v) is 7.25. The van der Waals surface area contributed by atoms with E-state index in [2.05, 4.69) is 11.9 Å². The van der Waals surface area contributed by atoms with E-state index in [1.165, 1.54) is 12.8 Å². The molecule has 0 bridgehead atoms. The molecule has 0 aromatic rings. The average molecular weight is 155 g/mol. The third kappa shape index (κ3) is 3.51. The Labute approximate surface area is 68.7 Å². The molecule has 11 heavy (non-hydrogen) atoms. The van der Waals surface area contributed by atoms with E-state index in [-0.39, 0.29) is 6.23 Å². The van der Waals surface area contributed by atoms with Crippen LogP contribution in [0.25, 0.3) is 0 Å². The van der Waals surface area contributed by atoms with E-state index in [9.17, 15) is 0 Å². The predicted octanol–water partition coefficient (Wildman–Crippen LogP) is 2.38. The Kier molecular flexibility index (Phi) is 4.21. The molecule has 0 spiro atoms. The van der Waals surface area contributed by atoms with Crippen molar-refractivity contribution < 1.29 is 4.74 Å². The topological polar surface area (TPSA) is 21.6 Å². The number of nitrogens with zero attached hydrogens (tertiary/aromatic N) is 1. The van der Waals surface area contributed by atoms with Crippen LogP contribution >= 0.6 is 0 Å². The average Bonchev–Trinajstić information content (AvgIpc) is 2.07. The molecule has 1 aliphatic heterocycles. The fraction of sp³-hybridized carbons (Fsp3) is 0.889. The highest BCUT2D eigenvalue weighted by Gasteiger charge is 2.07. The number of ether oxygens (including phenoxy) is 1. The van der Waals surface area contributed by atoms with Gasteiger partial charge in [-0.25, -0.2) is 0 Å². The predicted molar refractivity (Wildman–Crippen MR) is 47.0 cm³/mol. The van der Waals surface area contributed by atoms with Crippen LogP contribution in [-0.2, 0) is 4.74 Å². The van der Waals surface area contributed by atoms with Gasteiger partial charge in [0.15, 0.2) is 0 Å². The standard InChI is InChI=1S/C9H17NO/c1-2-3-8-11-9-6-4-5-7-10-9/h7,9H,2-6,8H2,1H3. The maximum atomic E-state index is 5.53. The van der Waals surface area contributed by atoms with Gasteiger partial charge in [0.1, 0.15) is 6.23 Å². The molecule has 0 aromatic carbocycles.